The molecule has 1 aliphatic heterocycles. The topological polar surface area (TPSA) is 53.5 Å². The number of carbonyl (C=O) groups excluding carboxylic acids is 2. The average Bonchev–Trinajstić information content (AvgIpc) is 2.86. The van der Waals surface area contributed by atoms with E-state index in [-0.39, 0.29) is 11.7 Å². The predicted molar refractivity (Wildman–Crippen MR) is 106 cm³/mol. The molecule has 0 N–H and O–H groups in total. The number of benzene rings is 1. The molecule has 142 valence electrons. The molecule has 0 atom stereocenters. The van der Waals surface area contributed by atoms with Crippen molar-refractivity contribution in [1.29, 1.82) is 0 Å². The van der Waals surface area contributed by atoms with Crippen LogP contribution >= 0.6 is 0 Å². The molecule has 0 saturated carbocycles. The summed E-state index contributed by atoms with van der Waals surface area (Å²) >= 11 is 0. The van der Waals surface area contributed by atoms with Crippen LogP contribution in [0.2, 0.25) is 0 Å². The summed E-state index contributed by atoms with van der Waals surface area (Å²) in [6.45, 7) is 9.50. The minimum atomic E-state index is -0.384. The normalized spacial score (nSPS) is 15.4. The molecule has 0 bridgehead atoms. The van der Waals surface area contributed by atoms with Crippen molar-refractivity contribution < 1.29 is 9.59 Å². The van der Waals surface area contributed by atoms with Gasteiger partial charge in [0.15, 0.2) is 0 Å². The van der Waals surface area contributed by atoms with Gasteiger partial charge in [-0.25, -0.2) is 0 Å². The maximum Gasteiger partial charge on any atom is 0.295 e. The first-order valence-corrected chi connectivity index (χ1v) is 9.48. The van der Waals surface area contributed by atoms with Crippen molar-refractivity contribution in [2.24, 2.45) is 0 Å². The quantitative estimate of drug-likeness (QED) is 0.617. The Morgan fingerprint density at radius 1 is 1.04 bits per heavy atom. The first-order valence-electron chi connectivity index (χ1n) is 9.48. The Labute approximate surface area is 161 Å². The molecule has 2 aromatic rings. The number of amides is 1. The van der Waals surface area contributed by atoms with Crippen LogP contribution < -0.4 is 0 Å². The van der Waals surface area contributed by atoms with E-state index in [0.717, 1.165) is 42.7 Å². The van der Waals surface area contributed by atoms with Crippen LogP contribution in [0, 0.1) is 20.8 Å². The van der Waals surface area contributed by atoms with E-state index in [1.807, 2.05) is 45.2 Å². The van der Waals surface area contributed by atoms with Crippen molar-refractivity contribution in [3.8, 4) is 0 Å². The zero-order valence-electron chi connectivity index (χ0n) is 16.4. The highest BCUT2D eigenvalue weighted by Crippen LogP contribution is 2.18. The fraction of sp³-hybridized carbons (Fsp3) is 0.409. The summed E-state index contributed by atoms with van der Waals surface area (Å²) < 4.78 is 0. The van der Waals surface area contributed by atoms with E-state index in [0.29, 0.717) is 18.7 Å². The second-order valence-corrected chi connectivity index (χ2v) is 7.39. The first kappa shape index (κ1) is 19.2. The zero-order chi connectivity index (χ0) is 19.4. The van der Waals surface area contributed by atoms with Gasteiger partial charge in [0.1, 0.15) is 0 Å². The van der Waals surface area contributed by atoms with Crippen LogP contribution in [0.15, 0.2) is 36.7 Å². The van der Waals surface area contributed by atoms with Gasteiger partial charge in [-0.2, -0.15) is 0 Å². The Bertz CT molecular complexity index is 810. The summed E-state index contributed by atoms with van der Waals surface area (Å²) in [4.78, 5) is 33.9. The summed E-state index contributed by atoms with van der Waals surface area (Å²) in [6, 6.07) is 7.93. The van der Waals surface area contributed by atoms with Gasteiger partial charge in [0.25, 0.3) is 11.7 Å². The lowest BCUT2D eigenvalue weighted by Gasteiger charge is -2.22. The fourth-order valence-electron chi connectivity index (χ4n) is 3.87. The number of carbonyl (C=O) groups is 2. The van der Waals surface area contributed by atoms with Crippen molar-refractivity contribution in [2.45, 2.75) is 33.7 Å². The summed E-state index contributed by atoms with van der Waals surface area (Å²) in [5, 5.41) is 0. The zero-order valence-corrected chi connectivity index (χ0v) is 16.4. The van der Waals surface area contributed by atoms with E-state index in [1.165, 1.54) is 5.56 Å². The monoisotopic (exact) mass is 365 g/mol. The molecule has 1 saturated heterocycles. The molecule has 1 amide bonds. The highest BCUT2D eigenvalue weighted by molar-refractivity contribution is 6.43. The van der Waals surface area contributed by atoms with Gasteiger partial charge < -0.3 is 4.90 Å². The van der Waals surface area contributed by atoms with E-state index < -0.39 is 0 Å². The Morgan fingerprint density at radius 3 is 2.44 bits per heavy atom. The molecule has 3 rings (SSSR count). The van der Waals surface area contributed by atoms with Crippen LogP contribution in [0.1, 0.15) is 39.0 Å². The molecule has 1 fully saturated rings. The molecule has 0 radical (unpaired) electrons. The van der Waals surface area contributed by atoms with Gasteiger partial charge in [0.05, 0.1) is 0 Å². The third-order valence-corrected chi connectivity index (χ3v) is 5.10. The largest absolute Gasteiger partial charge is 0.334 e. The van der Waals surface area contributed by atoms with Crippen LogP contribution in [0.3, 0.4) is 0 Å². The second-order valence-electron chi connectivity index (χ2n) is 7.39. The Hall–Kier alpha value is -2.53. The van der Waals surface area contributed by atoms with E-state index in [4.69, 9.17) is 0 Å². The molecule has 1 aromatic heterocycles. The van der Waals surface area contributed by atoms with E-state index >= 15 is 0 Å². The van der Waals surface area contributed by atoms with Gasteiger partial charge in [-0.1, -0.05) is 23.8 Å². The molecule has 0 unspecified atom stereocenters. The van der Waals surface area contributed by atoms with Gasteiger partial charge in [-0.15, -0.1) is 0 Å². The standard InChI is InChI=1S/C22H27N3O2/c1-16-12-17(2)20(18(3)13-16)21(26)22(27)25-9-5-8-24(10-11-25)15-19-6-4-7-23-14-19/h4,6-7,12-14H,5,8-11,15H2,1-3H3. The van der Waals surface area contributed by atoms with Gasteiger partial charge >= 0.3 is 0 Å². The number of nitrogens with zero attached hydrogens (tertiary/aromatic N) is 3. The molecular weight excluding hydrogens is 338 g/mol. The Balaban J connectivity index is 1.66. The van der Waals surface area contributed by atoms with Crippen molar-refractivity contribution >= 4 is 11.7 Å². The van der Waals surface area contributed by atoms with Crippen LogP contribution in [-0.2, 0) is 11.3 Å². The Kier molecular flexibility index (Phi) is 6.01. The second kappa shape index (κ2) is 8.44. The smallest absolute Gasteiger partial charge is 0.295 e. The summed E-state index contributed by atoms with van der Waals surface area (Å²) in [7, 11) is 0. The summed E-state index contributed by atoms with van der Waals surface area (Å²) in [6.07, 6.45) is 4.51. The van der Waals surface area contributed by atoms with E-state index in [1.54, 1.807) is 11.1 Å². The highest BCUT2D eigenvalue weighted by Gasteiger charge is 2.27. The molecule has 0 spiro atoms. The van der Waals surface area contributed by atoms with Crippen molar-refractivity contribution in [2.75, 3.05) is 26.2 Å². The van der Waals surface area contributed by atoms with Gasteiger partial charge in [-0.05, 0) is 49.9 Å². The number of aryl methyl sites for hydroxylation is 3. The summed E-state index contributed by atoms with van der Waals surface area (Å²) in [5.41, 5.74) is 4.58. The Morgan fingerprint density at radius 2 is 1.78 bits per heavy atom. The number of ketones is 1. The minimum absolute atomic E-state index is 0.381. The molecule has 1 aliphatic rings. The van der Waals surface area contributed by atoms with Crippen LogP contribution in [0.5, 0.6) is 0 Å². The van der Waals surface area contributed by atoms with Crippen LogP contribution in [0.4, 0.5) is 0 Å². The number of hydrogen-bond donors (Lipinski definition) is 0. The lowest BCUT2D eigenvalue weighted by Crippen LogP contribution is -2.39. The molecule has 5 nitrogen and oxygen atoms in total. The third kappa shape index (κ3) is 4.61. The number of hydrogen-bond acceptors (Lipinski definition) is 4. The first-order chi connectivity index (χ1) is 13.0. The molecule has 1 aromatic carbocycles. The van der Waals surface area contributed by atoms with E-state index in [9.17, 15) is 9.59 Å². The predicted octanol–water partition coefficient (Wildman–Crippen LogP) is 2.92. The third-order valence-electron chi connectivity index (χ3n) is 5.10. The van der Waals surface area contributed by atoms with E-state index in [2.05, 4.69) is 16.0 Å². The SMILES string of the molecule is Cc1cc(C)c(C(=O)C(=O)N2CCCN(Cc3cccnc3)CC2)c(C)c1. The summed E-state index contributed by atoms with van der Waals surface area (Å²) in [5.74, 6) is -0.765. The number of Topliss-reactive ketones (excluding diaryl/α,β-unsaturated/α-hetero) is 1. The minimum Gasteiger partial charge on any atom is -0.334 e. The number of pyridine rings is 1. The highest BCUT2D eigenvalue weighted by atomic mass is 16.2. The molecule has 5 heteroatoms. The van der Waals surface area contributed by atoms with Gasteiger partial charge in [0.2, 0.25) is 0 Å². The molecular formula is C22H27N3O2. The van der Waals surface area contributed by atoms with Crippen LogP contribution in [0.25, 0.3) is 0 Å². The van der Waals surface area contributed by atoms with Gasteiger partial charge in [-0.3, -0.25) is 19.5 Å². The lowest BCUT2D eigenvalue weighted by molar-refractivity contribution is -0.126. The van der Waals surface area contributed by atoms with Crippen molar-refractivity contribution in [3.63, 3.8) is 0 Å². The fourth-order valence-corrected chi connectivity index (χ4v) is 3.87. The van der Waals surface area contributed by atoms with Crippen molar-refractivity contribution in [3.05, 3.63) is 64.5 Å². The van der Waals surface area contributed by atoms with Gasteiger partial charge in [0, 0.05) is 50.7 Å². The molecule has 0 aliphatic carbocycles. The van der Waals surface area contributed by atoms with Crippen LogP contribution in [-0.4, -0.2) is 52.7 Å². The number of aromatic nitrogens is 1. The lowest BCUT2D eigenvalue weighted by atomic mass is 9.96. The maximum atomic E-state index is 12.9. The molecule has 2 heterocycles. The van der Waals surface area contributed by atoms with Crippen molar-refractivity contribution in [1.82, 2.24) is 14.8 Å². The molecule has 27 heavy (non-hydrogen) atoms. The average molecular weight is 365 g/mol. The maximum absolute atomic E-state index is 12.9. The number of rotatable bonds is 4.